The van der Waals surface area contributed by atoms with Crippen molar-refractivity contribution in [2.75, 3.05) is 20.2 Å². The third-order valence-corrected chi connectivity index (χ3v) is 3.89. The highest BCUT2D eigenvalue weighted by Crippen LogP contribution is 2.24. The quantitative estimate of drug-likeness (QED) is 0.622. The Kier molecular flexibility index (Phi) is 5.68. The first-order valence-corrected chi connectivity index (χ1v) is 7.37. The molecular formula is C12H16N2O6S. The zero-order chi connectivity index (χ0) is 16.0. The van der Waals surface area contributed by atoms with Crippen LogP contribution in [0.4, 0.5) is 0 Å². The van der Waals surface area contributed by atoms with E-state index in [0.717, 1.165) is 0 Å². The predicted molar refractivity (Wildman–Crippen MR) is 73.6 cm³/mol. The van der Waals surface area contributed by atoms with Gasteiger partial charge >= 0.3 is 5.97 Å². The summed E-state index contributed by atoms with van der Waals surface area (Å²) >= 11 is 0. The Labute approximate surface area is 122 Å². The zero-order valence-corrected chi connectivity index (χ0v) is 12.4. The smallest absolute Gasteiger partial charge is 0.322 e. The number of rotatable bonds is 7. The molecule has 1 amide bonds. The number of sulfonamides is 1. The second-order valence-electron chi connectivity index (χ2n) is 4.15. The highest BCUT2D eigenvalue weighted by molar-refractivity contribution is 7.89. The molecule has 8 nitrogen and oxygen atoms in total. The van der Waals surface area contributed by atoms with Gasteiger partial charge in [-0.2, -0.15) is 0 Å². The number of carboxylic acids is 1. The van der Waals surface area contributed by atoms with Gasteiger partial charge in [0.15, 0.2) is 0 Å². The van der Waals surface area contributed by atoms with Crippen molar-refractivity contribution in [1.82, 2.24) is 10.0 Å². The van der Waals surface area contributed by atoms with Crippen molar-refractivity contribution in [3.8, 4) is 5.75 Å². The number of carbonyl (C=O) groups excluding carboxylic acids is 1. The van der Waals surface area contributed by atoms with Gasteiger partial charge < -0.3 is 15.2 Å². The van der Waals surface area contributed by atoms with E-state index < -0.39 is 35.0 Å². The van der Waals surface area contributed by atoms with E-state index in [-0.39, 0.29) is 10.6 Å². The van der Waals surface area contributed by atoms with Gasteiger partial charge in [0.1, 0.15) is 17.2 Å². The van der Waals surface area contributed by atoms with Crippen LogP contribution in [-0.4, -0.2) is 45.6 Å². The first kappa shape index (κ1) is 16.9. The van der Waals surface area contributed by atoms with Crippen molar-refractivity contribution < 1.29 is 27.9 Å². The van der Waals surface area contributed by atoms with Crippen LogP contribution in [-0.2, 0) is 19.6 Å². The lowest BCUT2D eigenvalue weighted by Gasteiger charge is -2.11. The lowest BCUT2D eigenvalue weighted by molar-refractivity contribution is -0.137. The Morgan fingerprint density at radius 1 is 1.29 bits per heavy atom. The molecule has 0 aliphatic rings. The number of hydrogen-bond donors (Lipinski definition) is 3. The van der Waals surface area contributed by atoms with E-state index >= 15 is 0 Å². The maximum absolute atomic E-state index is 12.1. The van der Waals surface area contributed by atoms with E-state index in [0.29, 0.717) is 5.56 Å². The highest BCUT2D eigenvalue weighted by atomic mass is 32.2. The van der Waals surface area contributed by atoms with Crippen LogP contribution in [0.3, 0.4) is 0 Å². The Balaban J connectivity index is 2.80. The van der Waals surface area contributed by atoms with Crippen molar-refractivity contribution in [2.24, 2.45) is 0 Å². The fraction of sp³-hybridized carbons (Fsp3) is 0.333. The molecule has 1 aromatic rings. The maximum Gasteiger partial charge on any atom is 0.322 e. The number of benzene rings is 1. The van der Waals surface area contributed by atoms with Gasteiger partial charge in [-0.25, -0.2) is 13.1 Å². The molecule has 1 aromatic carbocycles. The molecule has 0 spiro atoms. The van der Waals surface area contributed by atoms with E-state index in [1.165, 1.54) is 19.2 Å². The number of nitrogens with one attached hydrogen (secondary N) is 2. The third kappa shape index (κ3) is 5.04. The molecule has 21 heavy (non-hydrogen) atoms. The number of carbonyl (C=O) groups is 2. The van der Waals surface area contributed by atoms with Gasteiger partial charge in [-0.3, -0.25) is 9.59 Å². The van der Waals surface area contributed by atoms with E-state index in [4.69, 9.17) is 9.84 Å². The van der Waals surface area contributed by atoms with Gasteiger partial charge in [0, 0.05) is 0 Å². The molecule has 0 saturated heterocycles. The molecule has 0 unspecified atom stereocenters. The Hall–Kier alpha value is -2.13. The molecule has 0 aliphatic carbocycles. The summed E-state index contributed by atoms with van der Waals surface area (Å²) in [6, 6.07) is 4.61. The maximum atomic E-state index is 12.1. The van der Waals surface area contributed by atoms with Crippen LogP contribution in [0.1, 0.15) is 5.56 Å². The van der Waals surface area contributed by atoms with E-state index in [9.17, 15) is 18.0 Å². The lowest BCUT2D eigenvalue weighted by atomic mass is 10.2. The predicted octanol–water partition coefficient (Wildman–Crippen LogP) is -0.517. The van der Waals surface area contributed by atoms with Crippen molar-refractivity contribution in [2.45, 2.75) is 11.8 Å². The Bertz CT molecular complexity index is 641. The van der Waals surface area contributed by atoms with Gasteiger partial charge in [-0.15, -0.1) is 0 Å². The number of carboxylic acid groups (broad SMARTS) is 1. The number of aryl methyl sites for hydroxylation is 1. The van der Waals surface area contributed by atoms with Crippen LogP contribution < -0.4 is 14.8 Å². The third-order valence-electron chi connectivity index (χ3n) is 2.47. The Morgan fingerprint density at radius 3 is 2.52 bits per heavy atom. The molecule has 0 fully saturated rings. The van der Waals surface area contributed by atoms with Crippen LogP contribution in [0.2, 0.25) is 0 Å². The molecule has 0 heterocycles. The molecule has 0 atom stereocenters. The monoisotopic (exact) mass is 316 g/mol. The topological polar surface area (TPSA) is 122 Å². The molecule has 9 heteroatoms. The molecule has 0 aromatic heterocycles. The summed E-state index contributed by atoms with van der Waals surface area (Å²) in [4.78, 5) is 21.5. The van der Waals surface area contributed by atoms with Gasteiger partial charge in [-0.05, 0) is 24.6 Å². The summed E-state index contributed by atoms with van der Waals surface area (Å²) in [6.07, 6.45) is 0. The number of ether oxygens (including phenoxy) is 1. The lowest BCUT2D eigenvalue weighted by Crippen LogP contribution is -2.39. The van der Waals surface area contributed by atoms with Gasteiger partial charge in [0.05, 0.1) is 13.7 Å². The normalized spacial score (nSPS) is 11.0. The Morgan fingerprint density at radius 2 is 1.95 bits per heavy atom. The average molecular weight is 316 g/mol. The minimum absolute atomic E-state index is 0.0870. The summed E-state index contributed by atoms with van der Waals surface area (Å²) in [5.74, 6) is -1.81. The number of amides is 1. The van der Waals surface area contributed by atoms with E-state index in [1.807, 2.05) is 5.32 Å². The molecule has 1 rings (SSSR count). The molecule has 0 saturated carbocycles. The first-order valence-electron chi connectivity index (χ1n) is 5.89. The molecule has 0 aliphatic heterocycles. The summed E-state index contributed by atoms with van der Waals surface area (Å²) in [7, 11) is -2.61. The zero-order valence-electron chi connectivity index (χ0n) is 11.5. The van der Waals surface area contributed by atoms with Crippen molar-refractivity contribution in [1.29, 1.82) is 0 Å². The van der Waals surface area contributed by atoms with Gasteiger partial charge in [0.2, 0.25) is 15.9 Å². The van der Waals surface area contributed by atoms with Gasteiger partial charge in [0.25, 0.3) is 0 Å². The fourth-order valence-corrected chi connectivity index (χ4v) is 2.70. The van der Waals surface area contributed by atoms with Crippen LogP contribution in [0.25, 0.3) is 0 Å². The SMILES string of the molecule is COc1ccc(C)cc1S(=O)(=O)NCC(=O)NCC(=O)O. The minimum atomic E-state index is -3.94. The van der Waals surface area contributed by atoms with Crippen molar-refractivity contribution >= 4 is 21.9 Å². The van der Waals surface area contributed by atoms with Crippen LogP contribution in [0.5, 0.6) is 5.75 Å². The van der Waals surface area contributed by atoms with E-state index in [2.05, 4.69) is 4.72 Å². The molecule has 0 bridgehead atoms. The van der Waals surface area contributed by atoms with Crippen LogP contribution in [0.15, 0.2) is 23.1 Å². The number of aliphatic carboxylic acids is 1. The molecule has 116 valence electrons. The second-order valence-corrected chi connectivity index (χ2v) is 5.88. The molecular weight excluding hydrogens is 300 g/mol. The summed E-state index contributed by atoms with van der Waals surface area (Å²) < 4.78 is 31.3. The summed E-state index contributed by atoms with van der Waals surface area (Å²) in [5.41, 5.74) is 0.714. The molecule has 0 radical (unpaired) electrons. The largest absolute Gasteiger partial charge is 0.495 e. The van der Waals surface area contributed by atoms with Crippen molar-refractivity contribution in [3.63, 3.8) is 0 Å². The first-order chi connectivity index (χ1) is 9.76. The number of methoxy groups -OCH3 is 1. The number of hydrogen-bond acceptors (Lipinski definition) is 5. The summed E-state index contributed by atoms with van der Waals surface area (Å²) in [6.45, 7) is 0.582. The second kappa shape index (κ2) is 7.04. The average Bonchev–Trinajstić information content (AvgIpc) is 2.43. The fourth-order valence-electron chi connectivity index (χ4n) is 1.47. The van der Waals surface area contributed by atoms with Crippen molar-refractivity contribution in [3.05, 3.63) is 23.8 Å². The van der Waals surface area contributed by atoms with Crippen LogP contribution in [0, 0.1) is 6.92 Å². The minimum Gasteiger partial charge on any atom is -0.495 e. The standard InChI is InChI=1S/C12H16N2O6S/c1-8-3-4-9(20-2)10(5-8)21(18,19)14-6-11(15)13-7-12(16)17/h3-5,14H,6-7H2,1-2H3,(H,13,15)(H,16,17). The molecule has 3 N–H and O–H groups in total. The van der Waals surface area contributed by atoms with E-state index in [1.54, 1.807) is 13.0 Å². The van der Waals surface area contributed by atoms with Crippen LogP contribution >= 0.6 is 0 Å². The highest BCUT2D eigenvalue weighted by Gasteiger charge is 2.20. The van der Waals surface area contributed by atoms with Gasteiger partial charge in [-0.1, -0.05) is 6.07 Å². The summed E-state index contributed by atoms with van der Waals surface area (Å²) in [5, 5.41) is 10.4.